The van der Waals surface area contributed by atoms with Gasteiger partial charge in [0.1, 0.15) is 0 Å². The Bertz CT molecular complexity index is 230. The summed E-state index contributed by atoms with van der Waals surface area (Å²) >= 11 is 0. The monoisotopic (exact) mass is 210 g/mol. The maximum absolute atomic E-state index is 11.6. The highest BCUT2D eigenvalue weighted by atomic mass is 16.2. The fraction of sp³-hybridized carbons (Fsp3) is 0.917. The first kappa shape index (κ1) is 10.9. The molecule has 0 bridgehead atoms. The van der Waals surface area contributed by atoms with E-state index in [9.17, 15) is 4.79 Å². The summed E-state index contributed by atoms with van der Waals surface area (Å²) < 4.78 is 0. The molecule has 1 heterocycles. The molecule has 0 atom stereocenters. The van der Waals surface area contributed by atoms with Crippen molar-refractivity contribution >= 4 is 5.91 Å². The van der Waals surface area contributed by atoms with Gasteiger partial charge in [0, 0.05) is 31.6 Å². The summed E-state index contributed by atoms with van der Waals surface area (Å²) in [7, 11) is 0. The first-order valence-electron chi connectivity index (χ1n) is 6.19. The second kappa shape index (κ2) is 4.52. The molecule has 2 aliphatic rings. The van der Waals surface area contributed by atoms with E-state index >= 15 is 0 Å². The van der Waals surface area contributed by atoms with Gasteiger partial charge in [0.05, 0.1) is 0 Å². The number of amides is 1. The Balaban J connectivity index is 1.62. The fourth-order valence-electron chi connectivity index (χ4n) is 2.17. The Morgan fingerprint density at radius 2 is 2.00 bits per heavy atom. The van der Waals surface area contributed by atoms with Crippen molar-refractivity contribution in [3.05, 3.63) is 0 Å². The first-order valence-corrected chi connectivity index (χ1v) is 6.19. The van der Waals surface area contributed by atoms with Crippen molar-refractivity contribution in [3.8, 4) is 0 Å². The predicted molar refractivity (Wildman–Crippen MR) is 60.6 cm³/mol. The van der Waals surface area contributed by atoms with Crippen LogP contribution < -0.4 is 5.32 Å². The van der Waals surface area contributed by atoms with Crippen LogP contribution >= 0.6 is 0 Å². The van der Waals surface area contributed by atoms with Crippen molar-refractivity contribution in [2.24, 2.45) is 5.92 Å². The van der Waals surface area contributed by atoms with Crippen LogP contribution in [0.2, 0.25) is 0 Å². The van der Waals surface area contributed by atoms with Crippen LogP contribution in [0, 0.1) is 5.92 Å². The van der Waals surface area contributed by atoms with Gasteiger partial charge in [-0.05, 0) is 18.8 Å². The van der Waals surface area contributed by atoms with Gasteiger partial charge in [0.15, 0.2) is 0 Å². The van der Waals surface area contributed by atoms with Crippen LogP contribution in [-0.4, -0.2) is 36.0 Å². The number of hydrogen-bond acceptors (Lipinski definition) is 2. The number of likely N-dealkylation sites (tertiary alicyclic amines) is 1. The van der Waals surface area contributed by atoms with Gasteiger partial charge in [-0.1, -0.05) is 20.3 Å². The van der Waals surface area contributed by atoms with Crippen LogP contribution in [0.3, 0.4) is 0 Å². The highest BCUT2D eigenvalue weighted by Crippen LogP contribution is 2.21. The summed E-state index contributed by atoms with van der Waals surface area (Å²) in [6.45, 7) is 6.06. The molecule has 3 nitrogen and oxygen atoms in total. The zero-order valence-electron chi connectivity index (χ0n) is 9.83. The van der Waals surface area contributed by atoms with Gasteiger partial charge in [-0.15, -0.1) is 0 Å². The lowest BCUT2D eigenvalue weighted by atomic mass is 9.91. The van der Waals surface area contributed by atoms with E-state index in [1.807, 2.05) is 4.90 Å². The quantitative estimate of drug-likeness (QED) is 0.760. The van der Waals surface area contributed by atoms with E-state index in [1.54, 1.807) is 0 Å². The molecule has 0 unspecified atom stereocenters. The zero-order chi connectivity index (χ0) is 10.8. The molecule has 1 aliphatic carbocycles. The molecular weight excluding hydrogens is 188 g/mol. The third-order valence-electron chi connectivity index (χ3n) is 3.39. The molecule has 15 heavy (non-hydrogen) atoms. The lowest BCUT2D eigenvalue weighted by Gasteiger charge is -2.43. The van der Waals surface area contributed by atoms with Crippen LogP contribution in [0.25, 0.3) is 0 Å². The van der Waals surface area contributed by atoms with Crippen molar-refractivity contribution in [1.29, 1.82) is 0 Å². The van der Waals surface area contributed by atoms with E-state index in [1.165, 1.54) is 19.3 Å². The van der Waals surface area contributed by atoms with Gasteiger partial charge in [0.25, 0.3) is 0 Å². The third kappa shape index (κ3) is 2.71. The first-order chi connectivity index (χ1) is 7.15. The Morgan fingerprint density at radius 3 is 2.47 bits per heavy atom. The lowest BCUT2D eigenvalue weighted by molar-refractivity contribution is -0.137. The topological polar surface area (TPSA) is 32.3 Å². The minimum atomic E-state index is 0.330. The minimum Gasteiger partial charge on any atom is -0.339 e. The van der Waals surface area contributed by atoms with Gasteiger partial charge < -0.3 is 10.2 Å². The lowest BCUT2D eigenvalue weighted by Crippen LogP contribution is -2.62. The van der Waals surface area contributed by atoms with E-state index in [2.05, 4.69) is 19.2 Å². The highest BCUT2D eigenvalue weighted by Gasteiger charge is 2.32. The number of nitrogens with one attached hydrogen (secondary N) is 1. The maximum atomic E-state index is 11.6. The standard InChI is InChI=1S/C12H22N2O/c1-9(2)6-12(15)14-7-11(8-14)13-10-4-3-5-10/h9-11,13H,3-8H2,1-2H3. The van der Waals surface area contributed by atoms with Gasteiger partial charge in [-0.2, -0.15) is 0 Å². The smallest absolute Gasteiger partial charge is 0.222 e. The van der Waals surface area contributed by atoms with Crippen molar-refractivity contribution in [2.75, 3.05) is 13.1 Å². The van der Waals surface area contributed by atoms with Crippen molar-refractivity contribution in [2.45, 2.75) is 51.6 Å². The van der Waals surface area contributed by atoms with Crippen molar-refractivity contribution < 1.29 is 4.79 Å². The predicted octanol–water partition coefficient (Wildman–Crippen LogP) is 1.39. The average molecular weight is 210 g/mol. The van der Waals surface area contributed by atoms with Crippen LogP contribution in [-0.2, 0) is 4.79 Å². The summed E-state index contributed by atoms with van der Waals surface area (Å²) in [6.07, 6.45) is 4.74. The van der Waals surface area contributed by atoms with Gasteiger partial charge in [-0.3, -0.25) is 4.79 Å². The van der Waals surface area contributed by atoms with Gasteiger partial charge >= 0.3 is 0 Å². The highest BCUT2D eigenvalue weighted by molar-refractivity contribution is 5.77. The summed E-state index contributed by atoms with van der Waals surface area (Å²) in [4.78, 5) is 13.6. The number of carbonyl (C=O) groups is 1. The van der Waals surface area contributed by atoms with E-state index in [-0.39, 0.29) is 0 Å². The summed E-state index contributed by atoms with van der Waals surface area (Å²) in [6, 6.07) is 1.32. The van der Waals surface area contributed by atoms with E-state index in [0.29, 0.717) is 24.3 Å². The van der Waals surface area contributed by atoms with E-state index < -0.39 is 0 Å². The second-order valence-electron chi connectivity index (χ2n) is 5.39. The summed E-state index contributed by atoms with van der Waals surface area (Å²) in [5, 5.41) is 3.60. The molecule has 1 N–H and O–H groups in total. The molecule has 0 radical (unpaired) electrons. The molecule has 0 aromatic carbocycles. The van der Waals surface area contributed by atoms with E-state index in [4.69, 9.17) is 0 Å². The van der Waals surface area contributed by atoms with E-state index in [0.717, 1.165) is 19.1 Å². The number of rotatable bonds is 4. The molecule has 2 rings (SSSR count). The molecule has 86 valence electrons. The van der Waals surface area contributed by atoms with Crippen LogP contribution in [0.5, 0.6) is 0 Å². The molecule has 1 saturated heterocycles. The molecule has 2 fully saturated rings. The SMILES string of the molecule is CC(C)CC(=O)N1CC(NC2CCC2)C1. The molecule has 3 heteroatoms. The Labute approximate surface area is 92.2 Å². The zero-order valence-corrected chi connectivity index (χ0v) is 9.83. The Kier molecular flexibility index (Phi) is 3.29. The average Bonchev–Trinajstić information content (AvgIpc) is 1.96. The van der Waals surface area contributed by atoms with Crippen molar-refractivity contribution in [3.63, 3.8) is 0 Å². The molecule has 0 aromatic heterocycles. The molecule has 1 amide bonds. The van der Waals surface area contributed by atoms with Crippen molar-refractivity contribution in [1.82, 2.24) is 10.2 Å². The minimum absolute atomic E-state index is 0.330. The number of nitrogens with zero attached hydrogens (tertiary/aromatic N) is 1. The van der Waals surface area contributed by atoms with Crippen LogP contribution in [0.1, 0.15) is 39.5 Å². The van der Waals surface area contributed by atoms with Gasteiger partial charge in [0.2, 0.25) is 5.91 Å². The molecular formula is C12H22N2O. The molecule has 1 saturated carbocycles. The second-order valence-corrected chi connectivity index (χ2v) is 5.39. The molecule has 1 aliphatic heterocycles. The maximum Gasteiger partial charge on any atom is 0.222 e. The third-order valence-corrected chi connectivity index (χ3v) is 3.39. The Hall–Kier alpha value is -0.570. The molecule has 0 aromatic rings. The number of hydrogen-bond donors (Lipinski definition) is 1. The largest absolute Gasteiger partial charge is 0.339 e. The Morgan fingerprint density at radius 1 is 1.33 bits per heavy atom. The number of carbonyl (C=O) groups excluding carboxylic acids is 1. The van der Waals surface area contributed by atoms with Crippen LogP contribution in [0.4, 0.5) is 0 Å². The van der Waals surface area contributed by atoms with Gasteiger partial charge in [-0.25, -0.2) is 0 Å². The fourth-order valence-corrected chi connectivity index (χ4v) is 2.17. The normalized spacial score (nSPS) is 22.7. The molecule has 0 spiro atoms. The summed E-state index contributed by atoms with van der Waals surface area (Å²) in [5.74, 6) is 0.813. The van der Waals surface area contributed by atoms with Crippen LogP contribution in [0.15, 0.2) is 0 Å². The summed E-state index contributed by atoms with van der Waals surface area (Å²) in [5.41, 5.74) is 0.